The van der Waals surface area contributed by atoms with Gasteiger partial charge in [-0.25, -0.2) is 0 Å². The van der Waals surface area contributed by atoms with Crippen molar-refractivity contribution in [1.82, 2.24) is 0 Å². The Bertz CT molecular complexity index is 463. The Labute approximate surface area is 118 Å². The molecule has 3 N–H and O–H groups in total. The molecule has 1 aromatic rings. The highest BCUT2D eigenvalue weighted by Gasteiger charge is 2.12. The molecule has 7 heteroatoms. The fourth-order valence-electron chi connectivity index (χ4n) is 1.28. The van der Waals surface area contributed by atoms with Crippen molar-refractivity contribution in [3.63, 3.8) is 0 Å². The van der Waals surface area contributed by atoms with E-state index in [1.54, 1.807) is 12.1 Å². The lowest BCUT2D eigenvalue weighted by atomic mass is 10.2. The lowest BCUT2D eigenvalue weighted by Gasteiger charge is -2.13. The van der Waals surface area contributed by atoms with E-state index in [0.29, 0.717) is 23.7 Å². The number of primary amides is 1. The van der Waals surface area contributed by atoms with E-state index < -0.39 is 5.91 Å². The molecular weight excluding hydrogens is 351 g/mol. The zero-order valence-electron chi connectivity index (χ0n) is 9.72. The normalized spacial score (nSPS) is 10.6. The van der Waals surface area contributed by atoms with Crippen LogP contribution >= 0.6 is 22.6 Å². The molecule has 0 atom stereocenters. The van der Waals surface area contributed by atoms with Crippen LogP contribution < -0.4 is 15.2 Å². The molecular formula is C11H13IN2O4. The molecule has 0 heterocycles. The van der Waals surface area contributed by atoms with Gasteiger partial charge in [-0.3, -0.25) is 4.79 Å². The minimum Gasteiger partial charge on any atom is -0.490 e. The first kappa shape index (κ1) is 14.6. The van der Waals surface area contributed by atoms with E-state index in [-0.39, 0.29) is 6.61 Å². The molecule has 1 rings (SSSR count). The van der Waals surface area contributed by atoms with E-state index >= 15 is 0 Å². The quantitative estimate of drug-likeness (QED) is 0.345. The summed E-state index contributed by atoms with van der Waals surface area (Å²) in [6.45, 7) is 2.06. The van der Waals surface area contributed by atoms with E-state index in [9.17, 15) is 4.79 Å². The summed E-state index contributed by atoms with van der Waals surface area (Å²) in [5.41, 5.74) is 5.69. The fraction of sp³-hybridized carbons (Fsp3) is 0.273. The van der Waals surface area contributed by atoms with Gasteiger partial charge in [0.25, 0.3) is 5.91 Å². The molecule has 1 amide bonds. The third-order valence-corrected chi connectivity index (χ3v) is 2.70. The van der Waals surface area contributed by atoms with Crippen molar-refractivity contribution >= 4 is 34.7 Å². The summed E-state index contributed by atoms with van der Waals surface area (Å²) in [7, 11) is 0. The molecule has 0 radical (unpaired) electrons. The van der Waals surface area contributed by atoms with Crippen molar-refractivity contribution < 1.29 is 19.5 Å². The van der Waals surface area contributed by atoms with Gasteiger partial charge in [-0.05, 0) is 41.6 Å². The van der Waals surface area contributed by atoms with Gasteiger partial charge >= 0.3 is 0 Å². The summed E-state index contributed by atoms with van der Waals surface area (Å²) in [5, 5.41) is 11.5. The van der Waals surface area contributed by atoms with Gasteiger partial charge in [0.15, 0.2) is 18.1 Å². The second kappa shape index (κ2) is 7.04. The number of oxime groups is 1. The van der Waals surface area contributed by atoms with Crippen molar-refractivity contribution in [1.29, 1.82) is 0 Å². The van der Waals surface area contributed by atoms with Gasteiger partial charge in [0, 0.05) is 5.56 Å². The largest absolute Gasteiger partial charge is 0.490 e. The maximum absolute atomic E-state index is 10.7. The minimum absolute atomic E-state index is 0.219. The number of rotatable bonds is 6. The molecule has 0 aliphatic carbocycles. The minimum atomic E-state index is -0.561. The summed E-state index contributed by atoms with van der Waals surface area (Å²) in [4.78, 5) is 10.7. The van der Waals surface area contributed by atoms with Crippen LogP contribution in [-0.2, 0) is 4.79 Å². The molecule has 1 aromatic carbocycles. The first-order chi connectivity index (χ1) is 8.58. The van der Waals surface area contributed by atoms with E-state index in [1.807, 2.05) is 29.5 Å². The van der Waals surface area contributed by atoms with Crippen LogP contribution in [0.15, 0.2) is 17.3 Å². The first-order valence-electron chi connectivity index (χ1n) is 5.13. The van der Waals surface area contributed by atoms with Crippen LogP contribution in [0.1, 0.15) is 12.5 Å². The number of halogens is 1. The number of ether oxygens (including phenoxy) is 2. The number of hydrogen-bond donors (Lipinski definition) is 2. The monoisotopic (exact) mass is 364 g/mol. The summed E-state index contributed by atoms with van der Waals surface area (Å²) in [6.07, 6.45) is 1.28. The van der Waals surface area contributed by atoms with Crippen LogP contribution in [0.5, 0.6) is 11.5 Å². The Morgan fingerprint density at radius 3 is 2.83 bits per heavy atom. The van der Waals surface area contributed by atoms with Gasteiger partial charge in [0.2, 0.25) is 0 Å². The molecule has 6 nitrogen and oxygen atoms in total. The standard InChI is InChI=1S/C11H13IN2O4/c1-2-17-9-4-7(5-14-16)3-8(12)11(9)18-6-10(13)15/h3-5,16H,2,6H2,1H3,(H2,13,15)/b14-5+. The molecule has 0 spiro atoms. The molecule has 0 saturated heterocycles. The third-order valence-electron chi connectivity index (χ3n) is 1.90. The molecule has 0 aliphatic heterocycles. The van der Waals surface area contributed by atoms with Gasteiger partial charge in [-0.2, -0.15) is 0 Å². The van der Waals surface area contributed by atoms with Gasteiger partial charge < -0.3 is 20.4 Å². The number of carbonyl (C=O) groups is 1. The van der Waals surface area contributed by atoms with Gasteiger partial charge in [0.1, 0.15) is 0 Å². The average Bonchev–Trinajstić information content (AvgIpc) is 2.28. The maximum atomic E-state index is 10.7. The summed E-state index contributed by atoms with van der Waals surface area (Å²) in [6, 6.07) is 3.39. The van der Waals surface area contributed by atoms with Crippen molar-refractivity contribution in [2.45, 2.75) is 6.92 Å². The fourth-order valence-corrected chi connectivity index (χ4v) is 2.06. The Kier molecular flexibility index (Phi) is 5.69. The van der Waals surface area contributed by atoms with Crippen LogP contribution in [0.25, 0.3) is 0 Å². The van der Waals surface area contributed by atoms with E-state index in [0.717, 1.165) is 3.57 Å². The van der Waals surface area contributed by atoms with Crippen molar-refractivity contribution in [3.05, 3.63) is 21.3 Å². The molecule has 0 fully saturated rings. The summed E-state index contributed by atoms with van der Waals surface area (Å²) in [5.74, 6) is 0.362. The highest BCUT2D eigenvalue weighted by molar-refractivity contribution is 14.1. The zero-order chi connectivity index (χ0) is 13.5. The van der Waals surface area contributed by atoms with Crippen LogP contribution in [-0.4, -0.2) is 30.5 Å². The lowest BCUT2D eigenvalue weighted by Crippen LogP contribution is -2.20. The van der Waals surface area contributed by atoms with Crippen LogP contribution in [0, 0.1) is 3.57 Å². The Hall–Kier alpha value is -1.51. The predicted octanol–water partition coefficient (Wildman–Crippen LogP) is 1.36. The molecule has 98 valence electrons. The second-order valence-electron chi connectivity index (χ2n) is 3.26. The van der Waals surface area contributed by atoms with Gasteiger partial charge in [-0.15, -0.1) is 0 Å². The highest BCUT2D eigenvalue weighted by atomic mass is 127. The van der Waals surface area contributed by atoms with Gasteiger partial charge in [-0.1, -0.05) is 5.16 Å². The van der Waals surface area contributed by atoms with E-state index in [2.05, 4.69) is 5.16 Å². The molecule has 0 unspecified atom stereocenters. The number of hydrogen-bond acceptors (Lipinski definition) is 5. The third kappa shape index (κ3) is 4.06. The molecule has 18 heavy (non-hydrogen) atoms. The van der Waals surface area contributed by atoms with Crippen molar-refractivity contribution in [3.8, 4) is 11.5 Å². The molecule has 0 aromatic heterocycles. The van der Waals surface area contributed by atoms with E-state index in [1.165, 1.54) is 6.21 Å². The lowest BCUT2D eigenvalue weighted by molar-refractivity contribution is -0.119. The van der Waals surface area contributed by atoms with Gasteiger partial charge in [0.05, 0.1) is 16.4 Å². The highest BCUT2D eigenvalue weighted by Crippen LogP contribution is 2.33. The number of benzene rings is 1. The number of amides is 1. The molecule has 0 aliphatic rings. The Balaban J connectivity index is 3.09. The summed E-state index contributed by atoms with van der Waals surface area (Å²) < 4.78 is 11.4. The predicted molar refractivity (Wildman–Crippen MR) is 74.4 cm³/mol. The maximum Gasteiger partial charge on any atom is 0.255 e. The SMILES string of the molecule is CCOc1cc(/C=N/O)cc(I)c1OCC(N)=O. The van der Waals surface area contributed by atoms with Crippen LogP contribution in [0.2, 0.25) is 0 Å². The van der Waals surface area contributed by atoms with E-state index in [4.69, 9.17) is 20.4 Å². The smallest absolute Gasteiger partial charge is 0.255 e. The topological polar surface area (TPSA) is 94.1 Å². The number of nitrogens with zero attached hydrogens (tertiary/aromatic N) is 1. The second-order valence-corrected chi connectivity index (χ2v) is 4.42. The molecule has 0 saturated carbocycles. The van der Waals surface area contributed by atoms with Crippen molar-refractivity contribution in [2.75, 3.05) is 13.2 Å². The van der Waals surface area contributed by atoms with Crippen molar-refractivity contribution in [2.24, 2.45) is 10.9 Å². The first-order valence-corrected chi connectivity index (χ1v) is 6.21. The zero-order valence-corrected chi connectivity index (χ0v) is 11.9. The van der Waals surface area contributed by atoms with Crippen LogP contribution in [0.3, 0.4) is 0 Å². The molecule has 0 bridgehead atoms. The number of nitrogens with two attached hydrogens (primary N) is 1. The Morgan fingerprint density at radius 2 is 2.28 bits per heavy atom. The summed E-state index contributed by atoms with van der Waals surface area (Å²) >= 11 is 2.04. The van der Waals surface area contributed by atoms with Crippen LogP contribution in [0.4, 0.5) is 0 Å². The average molecular weight is 364 g/mol. The number of carbonyl (C=O) groups excluding carboxylic acids is 1. The Morgan fingerprint density at radius 1 is 1.56 bits per heavy atom.